The minimum atomic E-state index is -0.509. The largest absolute Gasteiger partial charge is 0.490 e. The molecule has 9 heteroatoms. The second kappa shape index (κ2) is 10.9. The van der Waals surface area contributed by atoms with Crippen LogP contribution in [0.3, 0.4) is 0 Å². The Balaban J connectivity index is 1.49. The molecule has 0 saturated heterocycles. The molecule has 0 bridgehead atoms. The van der Waals surface area contributed by atoms with Crippen molar-refractivity contribution in [2.45, 2.75) is 20.8 Å². The summed E-state index contributed by atoms with van der Waals surface area (Å²) in [5, 5.41) is 9.23. The van der Waals surface area contributed by atoms with Gasteiger partial charge in [0.2, 0.25) is 5.82 Å². The Morgan fingerprint density at radius 3 is 2.25 bits per heavy atom. The Morgan fingerprint density at radius 2 is 1.56 bits per heavy atom. The van der Waals surface area contributed by atoms with Gasteiger partial charge >= 0.3 is 11.8 Å². The van der Waals surface area contributed by atoms with E-state index < -0.39 is 5.91 Å². The van der Waals surface area contributed by atoms with Crippen molar-refractivity contribution in [3.05, 3.63) is 59.5 Å². The van der Waals surface area contributed by atoms with E-state index in [2.05, 4.69) is 20.8 Å². The fraction of sp³-hybridized carbons (Fsp3) is 0.304. The zero-order valence-electron chi connectivity index (χ0n) is 18.3. The molecular formula is C23H26N4O5. The lowest BCUT2D eigenvalue weighted by molar-refractivity contribution is 0.0898. The fourth-order valence-electron chi connectivity index (χ4n) is 2.86. The number of hydrogen-bond acceptors (Lipinski definition) is 7. The molecule has 0 radical (unpaired) electrons. The highest BCUT2D eigenvalue weighted by atomic mass is 16.5. The molecule has 2 N–H and O–H groups in total. The SMILES string of the molecule is CCOc1ccc(C(=O)NCCNC(=O)c2nc(-c3ccc(C)cc3)no2)cc1OCC. The zero-order chi connectivity index (χ0) is 22.9. The summed E-state index contributed by atoms with van der Waals surface area (Å²) < 4.78 is 16.1. The second-order valence-corrected chi connectivity index (χ2v) is 6.83. The van der Waals surface area contributed by atoms with Crippen molar-refractivity contribution < 1.29 is 23.6 Å². The van der Waals surface area contributed by atoms with Crippen LogP contribution in [0.2, 0.25) is 0 Å². The number of carbonyl (C=O) groups excluding carboxylic acids is 2. The lowest BCUT2D eigenvalue weighted by Crippen LogP contribution is -2.34. The summed E-state index contributed by atoms with van der Waals surface area (Å²) in [4.78, 5) is 28.8. The smallest absolute Gasteiger partial charge is 0.316 e. The summed E-state index contributed by atoms with van der Waals surface area (Å²) in [6.45, 7) is 7.09. The number of amides is 2. The number of benzene rings is 2. The van der Waals surface area contributed by atoms with Gasteiger partial charge in [-0.05, 0) is 39.0 Å². The third kappa shape index (κ3) is 5.84. The molecule has 1 aromatic heterocycles. The summed E-state index contributed by atoms with van der Waals surface area (Å²) in [7, 11) is 0. The normalized spacial score (nSPS) is 10.5. The van der Waals surface area contributed by atoms with E-state index in [1.807, 2.05) is 45.0 Å². The van der Waals surface area contributed by atoms with Crippen LogP contribution < -0.4 is 20.1 Å². The molecule has 0 unspecified atom stereocenters. The van der Waals surface area contributed by atoms with Crippen LogP contribution in [0.4, 0.5) is 0 Å². The van der Waals surface area contributed by atoms with Crippen molar-refractivity contribution in [2.24, 2.45) is 0 Å². The molecule has 0 fully saturated rings. The van der Waals surface area contributed by atoms with Crippen LogP contribution in [-0.2, 0) is 0 Å². The van der Waals surface area contributed by atoms with Crippen LogP contribution in [0.1, 0.15) is 40.5 Å². The van der Waals surface area contributed by atoms with Crippen LogP contribution >= 0.6 is 0 Å². The lowest BCUT2D eigenvalue weighted by Gasteiger charge is -2.12. The zero-order valence-corrected chi connectivity index (χ0v) is 18.3. The third-order valence-corrected chi connectivity index (χ3v) is 4.43. The first-order valence-corrected chi connectivity index (χ1v) is 10.4. The maximum atomic E-state index is 12.4. The average Bonchev–Trinajstić information content (AvgIpc) is 3.29. The minimum absolute atomic E-state index is 0.139. The minimum Gasteiger partial charge on any atom is -0.490 e. The summed E-state index contributed by atoms with van der Waals surface area (Å²) in [6.07, 6.45) is 0. The number of aryl methyl sites for hydroxylation is 1. The molecule has 0 aliphatic carbocycles. The van der Waals surface area contributed by atoms with Crippen molar-refractivity contribution in [3.63, 3.8) is 0 Å². The number of rotatable bonds is 10. The molecule has 9 nitrogen and oxygen atoms in total. The van der Waals surface area contributed by atoms with Gasteiger partial charge in [-0.25, -0.2) is 0 Å². The van der Waals surface area contributed by atoms with Crippen LogP contribution in [0.15, 0.2) is 47.0 Å². The summed E-state index contributed by atoms with van der Waals surface area (Å²) >= 11 is 0. The van der Waals surface area contributed by atoms with Gasteiger partial charge in [-0.1, -0.05) is 35.0 Å². The molecule has 0 aliphatic heterocycles. The van der Waals surface area contributed by atoms with Gasteiger partial charge in [0.15, 0.2) is 11.5 Å². The summed E-state index contributed by atoms with van der Waals surface area (Å²) in [6, 6.07) is 12.6. The number of ether oxygens (including phenoxy) is 2. The van der Waals surface area contributed by atoms with Gasteiger partial charge in [-0.15, -0.1) is 0 Å². The van der Waals surface area contributed by atoms with Gasteiger partial charge in [-0.2, -0.15) is 4.98 Å². The highest BCUT2D eigenvalue weighted by molar-refractivity contribution is 5.95. The number of nitrogens with zero attached hydrogens (tertiary/aromatic N) is 2. The maximum absolute atomic E-state index is 12.4. The van der Waals surface area contributed by atoms with Gasteiger partial charge < -0.3 is 24.6 Å². The van der Waals surface area contributed by atoms with E-state index >= 15 is 0 Å². The van der Waals surface area contributed by atoms with Gasteiger partial charge in [0.05, 0.1) is 13.2 Å². The van der Waals surface area contributed by atoms with Crippen molar-refractivity contribution in [1.29, 1.82) is 0 Å². The van der Waals surface area contributed by atoms with E-state index in [-0.39, 0.29) is 24.9 Å². The number of carbonyl (C=O) groups is 2. The van der Waals surface area contributed by atoms with Gasteiger partial charge in [0.25, 0.3) is 5.91 Å². The lowest BCUT2D eigenvalue weighted by atomic mass is 10.1. The van der Waals surface area contributed by atoms with E-state index in [1.165, 1.54) is 0 Å². The van der Waals surface area contributed by atoms with E-state index in [4.69, 9.17) is 14.0 Å². The summed E-state index contributed by atoms with van der Waals surface area (Å²) in [5.74, 6) is 0.495. The first kappa shape index (κ1) is 22.8. The van der Waals surface area contributed by atoms with Crippen molar-refractivity contribution in [1.82, 2.24) is 20.8 Å². The third-order valence-electron chi connectivity index (χ3n) is 4.43. The number of nitrogens with one attached hydrogen (secondary N) is 2. The van der Waals surface area contributed by atoms with Gasteiger partial charge in [-0.3, -0.25) is 9.59 Å². The molecule has 2 amide bonds. The Morgan fingerprint density at radius 1 is 0.906 bits per heavy atom. The maximum Gasteiger partial charge on any atom is 0.316 e. The monoisotopic (exact) mass is 438 g/mol. The summed E-state index contributed by atoms with van der Waals surface area (Å²) in [5.41, 5.74) is 2.30. The van der Waals surface area contributed by atoms with E-state index in [9.17, 15) is 9.59 Å². The molecular weight excluding hydrogens is 412 g/mol. The van der Waals surface area contributed by atoms with E-state index in [0.717, 1.165) is 11.1 Å². The predicted molar refractivity (Wildman–Crippen MR) is 118 cm³/mol. The van der Waals surface area contributed by atoms with Gasteiger partial charge in [0.1, 0.15) is 0 Å². The topological polar surface area (TPSA) is 116 Å². The van der Waals surface area contributed by atoms with Crippen LogP contribution in [-0.4, -0.2) is 48.3 Å². The Bertz CT molecular complexity index is 1060. The van der Waals surface area contributed by atoms with Gasteiger partial charge in [0, 0.05) is 24.2 Å². The van der Waals surface area contributed by atoms with E-state index in [1.54, 1.807) is 18.2 Å². The second-order valence-electron chi connectivity index (χ2n) is 6.83. The molecule has 0 spiro atoms. The van der Waals surface area contributed by atoms with Crippen molar-refractivity contribution in [3.8, 4) is 22.9 Å². The molecule has 1 heterocycles. The molecule has 0 saturated carbocycles. The molecule has 2 aromatic carbocycles. The van der Waals surface area contributed by atoms with Crippen LogP contribution in [0, 0.1) is 6.92 Å². The Labute approximate surface area is 186 Å². The Hall–Kier alpha value is -3.88. The molecule has 32 heavy (non-hydrogen) atoms. The quantitative estimate of drug-likeness (QED) is 0.468. The van der Waals surface area contributed by atoms with Crippen LogP contribution in [0.5, 0.6) is 11.5 Å². The molecule has 3 rings (SSSR count). The number of aromatic nitrogens is 2. The predicted octanol–water partition coefficient (Wildman–Crippen LogP) is 3.00. The highest BCUT2D eigenvalue weighted by Crippen LogP contribution is 2.28. The first-order valence-electron chi connectivity index (χ1n) is 10.4. The number of hydrogen-bond donors (Lipinski definition) is 2. The fourth-order valence-corrected chi connectivity index (χ4v) is 2.86. The molecule has 3 aromatic rings. The standard InChI is InChI=1S/C23H26N4O5/c1-4-30-18-11-10-17(14-19(18)31-5-2)21(28)24-12-13-25-22(29)23-26-20(27-32-23)16-8-6-15(3)7-9-16/h6-11,14H,4-5,12-13H2,1-3H3,(H,24,28)(H,25,29). The average molecular weight is 438 g/mol. The Kier molecular flexibility index (Phi) is 7.80. The molecule has 168 valence electrons. The van der Waals surface area contributed by atoms with Crippen molar-refractivity contribution in [2.75, 3.05) is 26.3 Å². The molecule has 0 aliphatic rings. The highest BCUT2D eigenvalue weighted by Gasteiger charge is 2.16. The molecule has 0 atom stereocenters. The van der Waals surface area contributed by atoms with Crippen LogP contribution in [0.25, 0.3) is 11.4 Å². The first-order chi connectivity index (χ1) is 15.5. The van der Waals surface area contributed by atoms with Crippen molar-refractivity contribution >= 4 is 11.8 Å². The van der Waals surface area contributed by atoms with E-state index in [0.29, 0.717) is 36.1 Å².